The molecule has 2 fully saturated rings. The Kier molecular flexibility index (Phi) is 7.73. The summed E-state index contributed by atoms with van der Waals surface area (Å²) in [6.45, 7) is 11.2. The van der Waals surface area contributed by atoms with Crippen LogP contribution in [0.3, 0.4) is 0 Å². The molecule has 2 unspecified atom stereocenters. The van der Waals surface area contributed by atoms with Crippen molar-refractivity contribution in [1.29, 1.82) is 0 Å². The molecular weight excluding hydrogens is 338 g/mol. The van der Waals surface area contributed by atoms with Crippen molar-refractivity contribution < 1.29 is 9.59 Å². The van der Waals surface area contributed by atoms with Crippen molar-refractivity contribution in [3.8, 4) is 0 Å². The molecule has 5 heteroatoms. The molecule has 1 aliphatic heterocycles. The molecule has 4 atom stereocenters. The van der Waals surface area contributed by atoms with Gasteiger partial charge in [-0.2, -0.15) is 0 Å². The number of amides is 2. The highest BCUT2D eigenvalue weighted by molar-refractivity contribution is 5.90. The van der Waals surface area contributed by atoms with Crippen molar-refractivity contribution in [2.75, 3.05) is 6.54 Å². The molecule has 5 nitrogen and oxygen atoms in total. The van der Waals surface area contributed by atoms with Crippen LogP contribution < -0.4 is 11.1 Å². The topological polar surface area (TPSA) is 75.4 Å². The molecule has 0 spiro atoms. The van der Waals surface area contributed by atoms with Gasteiger partial charge in [0.15, 0.2) is 0 Å². The summed E-state index contributed by atoms with van der Waals surface area (Å²) >= 11 is 0. The number of hydrogen-bond acceptors (Lipinski definition) is 3. The molecule has 2 amide bonds. The number of nitrogens with two attached hydrogens (primary N) is 1. The zero-order valence-electron chi connectivity index (χ0n) is 18.1. The van der Waals surface area contributed by atoms with Crippen LogP contribution in [-0.2, 0) is 9.59 Å². The molecule has 2 rings (SSSR count). The Hall–Kier alpha value is -1.10. The van der Waals surface area contributed by atoms with E-state index in [0.29, 0.717) is 5.92 Å². The van der Waals surface area contributed by atoms with E-state index in [2.05, 4.69) is 19.2 Å². The molecule has 1 aliphatic carbocycles. The fraction of sp³-hybridized carbons (Fsp3) is 0.909. The molecule has 1 heterocycles. The Morgan fingerprint density at radius 3 is 2.33 bits per heavy atom. The molecule has 156 valence electrons. The SMILES string of the molecule is CCC[C@H]1CCN(C(=O)C(NC(=O)[C@@H](N)C2CCCCC2)C(C)(C)C)C1C. The zero-order valence-corrected chi connectivity index (χ0v) is 18.1. The van der Waals surface area contributed by atoms with E-state index in [1.54, 1.807) is 0 Å². The third-order valence-corrected chi connectivity index (χ3v) is 6.72. The van der Waals surface area contributed by atoms with Crippen molar-refractivity contribution in [2.45, 2.75) is 104 Å². The van der Waals surface area contributed by atoms with Crippen LogP contribution in [0.15, 0.2) is 0 Å². The lowest BCUT2D eigenvalue weighted by atomic mass is 9.82. The number of hydrogen-bond donors (Lipinski definition) is 2. The lowest BCUT2D eigenvalue weighted by molar-refractivity contribution is -0.140. The highest BCUT2D eigenvalue weighted by Crippen LogP contribution is 2.31. The predicted octanol–water partition coefficient (Wildman–Crippen LogP) is 3.46. The summed E-state index contributed by atoms with van der Waals surface area (Å²) in [6.07, 6.45) is 8.94. The van der Waals surface area contributed by atoms with Crippen LogP contribution in [0.1, 0.15) is 86.0 Å². The molecular formula is C22H41N3O2. The van der Waals surface area contributed by atoms with Crippen LogP contribution in [0.2, 0.25) is 0 Å². The second kappa shape index (κ2) is 9.40. The smallest absolute Gasteiger partial charge is 0.245 e. The van der Waals surface area contributed by atoms with Gasteiger partial charge in [-0.1, -0.05) is 53.4 Å². The van der Waals surface area contributed by atoms with Gasteiger partial charge in [-0.05, 0) is 49.9 Å². The summed E-state index contributed by atoms with van der Waals surface area (Å²) in [5, 5.41) is 3.04. The van der Waals surface area contributed by atoms with Gasteiger partial charge in [-0.25, -0.2) is 0 Å². The van der Waals surface area contributed by atoms with Gasteiger partial charge >= 0.3 is 0 Å². The fourth-order valence-electron chi connectivity index (χ4n) is 4.83. The molecule has 3 N–H and O–H groups in total. The Morgan fingerprint density at radius 2 is 1.78 bits per heavy atom. The second-order valence-electron chi connectivity index (χ2n) is 9.84. The molecule has 0 bridgehead atoms. The van der Waals surface area contributed by atoms with E-state index in [1.165, 1.54) is 6.42 Å². The standard InChI is InChI=1S/C22H41N3O2/c1-6-10-16-13-14-25(15(16)2)21(27)19(22(3,4)5)24-20(26)18(23)17-11-8-7-9-12-17/h15-19H,6-14,23H2,1-5H3,(H,24,26)/t15?,16-,18-,19?/m0/s1. The van der Waals surface area contributed by atoms with Gasteiger partial charge in [0.25, 0.3) is 0 Å². The number of likely N-dealkylation sites (tertiary alicyclic amines) is 1. The van der Waals surface area contributed by atoms with E-state index in [9.17, 15) is 9.59 Å². The maximum Gasteiger partial charge on any atom is 0.245 e. The maximum absolute atomic E-state index is 13.4. The fourth-order valence-corrected chi connectivity index (χ4v) is 4.83. The molecule has 0 aromatic heterocycles. The van der Waals surface area contributed by atoms with Gasteiger partial charge in [0.1, 0.15) is 6.04 Å². The normalized spacial score (nSPS) is 26.7. The van der Waals surface area contributed by atoms with Gasteiger partial charge < -0.3 is 16.0 Å². The summed E-state index contributed by atoms with van der Waals surface area (Å²) in [6, 6.07) is -0.791. The maximum atomic E-state index is 13.4. The lowest BCUT2D eigenvalue weighted by Crippen LogP contribution is -2.59. The minimum atomic E-state index is -0.525. The number of carbonyl (C=O) groups is 2. The average Bonchev–Trinajstić information content (AvgIpc) is 2.99. The van der Waals surface area contributed by atoms with Crippen LogP contribution in [0.4, 0.5) is 0 Å². The molecule has 0 radical (unpaired) electrons. The van der Waals surface area contributed by atoms with Crippen LogP contribution in [0.25, 0.3) is 0 Å². The summed E-state index contributed by atoms with van der Waals surface area (Å²) < 4.78 is 0. The van der Waals surface area contributed by atoms with Crippen molar-refractivity contribution in [3.63, 3.8) is 0 Å². The molecule has 27 heavy (non-hydrogen) atoms. The van der Waals surface area contributed by atoms with Crippen molar-refractivity contribution in [3.05, 3.63) is 0 Å². The van der Waals surface area contributed by atoms with E-state index in [4.69, 9.17) is 5.73 Å². The number of nitrogens with one attached hydrogen (secondary N) is 1. The van der Waals surface area contributed by atoms with E-state index < -0.39 is 12.1 Å². The van der Waals surface area contributed by atoms with Crippen molar-refractivity contribution in [2.24, 2.45) is 23.0 Å². The van der Waals surface area contributed by atoms with Gasteiger partial charge in [0.2, 0.25) is 11.8 Å². The average molecular weight is 380 g/mol. The first kappa shape index (κ1) is 22.2. The monoisotopic (exact) mass is 379 g/mol. The first-order chi connectivity index (χ1) is 12.7. The van der Waals surface area contributed by atoms with Crippen LogP contribution in [0, 0.1) is 17.3 Å². The number of nitrogens with zero attached hydrogens (tertiary/aromatic N) is 1. The van der Waals surface area contributed by atoms with Gasteiger partial charge in [-0.3, -0.25) is 9.59 Å². The highest BCUT2D eigenvalue weighted by atomic mass is 16.2. The van der Waals surface area contributed by atoms with E-state index >= 15 is 0 Å². The van der Waals surface area contributed by atoms with E-state index in [1.807, 2.05) is 25.7 Å². The third-order valence-electron chi connectivity index (χ3n) is 6.72. The third kappa shape index (κ3) is 5.46. The minimum absolute atomic E-state index is 0.0535. The van der Waals surface area contributed by atoms with E-state index in [0.717, 1.165) is 51.5 Å². The quantitative estimate of drug-likeness (QED) is 0.742. The first-order valence-corrected chi connectivity index (χ1v) is 11.0. The predicted molar refractivity (Wildman–Crippen MR) is 110 cm³/mol. The van der Waals surface area contributed by atoms with Crippen molar-refractivity contribution in [1.82, 2.24) is 10.2 Å². The summed E-state index contributed by atoms with van der Waals surface area (Å²) in [5.41, 5.74) is 5.94. The van der Waals surface area contributed by atoms with Crippen molar-refractivity contribution >= 4 is 11.8 Å². The first-order valence-electron chi connectivity index (χ1n) is 11.0. The van der Waals surface area contributed by atoms with Crippen LogP contribution in [-0.4, -0.2) is 41.4 Å². The lowest BCUT2D eigenvalue weighted by Gasteiger charge is -2.37. The van der Waals surface area contributed by atoms with Gasteiger partial charge in [0, 0.05) is 12.6 Å². The summed E-state index contributed by atoms with van der Waals surface area (Å²) in [7, 11) is 0. The summed E-state index contributed by atoms with van der Waals surface area (Å²) in [5.74, 6) is 0.707. The van der Waals surface area contributed by atoms with Gasteiger partial charge in [0.05, 0.1) is 6.04 Å². The molecule has 1 saturated heterocycles. The summed E-state index contributed by atoms with van der Waals surface area (Å²) in [4.78, 5) is 28.2. The molecule has 0 aromatic carbocycles. The molecule has 2 aliphatic rings. The Morgan fingerprint density at radius 1 is 1.15 bits per heavy atom. The van der Waals surface area contributed by atoms with Crippen LogP contribution in [0.5, 0.6) is 0 Å². The number of carbonyl (C=O) groups excluding carboxylic acids is 2. The molecule has 1 saturated carbocycles. The Bertz CT molecular complexity index is 508. The largest absolute Gasteiger partial charge is 0.342 e. The molecule has 0 aromatic rings. The van der Waals surface area contributed by atoms with E-state index in [-0.39, 0.29) is 29.2 Å². The number of rotatable bonds is 6. The Labute approximate surface area is 165 Å². The minimum Gasteiger partial charge on any atom is -0.342 e. The van der Waals surface area contributed by atoms with Gasteiger partial charge in [-0.15, -0.1) is 0 Å². The second-order valence-corrected chi connectivity index (χ2v) is 9.84. The highest BCUT2D eigenvalue weighted by Gasteiger charge is 2.42. The van der Waals surface area contributed by atoms with Crippen LogP contribution >= 0.6 is 0 Å². The Balaban J connectivity index is 2.06. The zero-order chi connectivity index (χ0) is 20.2.